The van der Waals surface area contributed by atoms with E-state index in [0.717, 1.165) is 4.47 Å². The van der Waals surface area contributed by atoms with Gasteiger partial charge >= 0.3 is 0 Å². The number of nitrogens with zero attached hydrogens (tertiary/aromatic N) is 1. The van der Waals surface area contributed by atoms with Gasteiger partial charge in [0.05, 0.1) is 5.02 Å². The van der Waals surface area contributed by atoms with E-state index >= 15 is 0 Å². The highest BCUT2D eigenvalue weighted by molar-refractivity contribution is 9.11. The summed E-state index contributed by atoms with van der Waals surface area (Å²) in [6.07, 6.45) is 1.58. The fourth-order valence-corrected chi connectivity index (χ4v) is 2.74. The third kappa shape index (κ3) is 2.76. The summed E-state index contributed by atoms with van der Waals surface area (Å²) in [4.78, 5) is 16.3. The molecule has 0 bridgehead atoms. The maximum absolute atomic E-state index is 12.2. The summed E-state index contributed by atoms with van der Waals surface area (Å²) in [5.41, 5.74) is 0.797. The van der Waals surface area contributed by atoms with E-state index in [1.54, 1.807) is 36.5 Å². The van der Waals surface area contributed by atoms with Gasteiger partial charge in [-0.1, -0.05) is 23.7 Å². The lowest BCUT2D eigenvalue weighted by molar-refractivity contribution is 0.103. The van der Waals surface area contributed by atoms with Gasteiger partial charge in [0.25, 0.3) is 0 Å². The molecule has 1 heterocycles. The quantitative estimate of drug-likeness (QED) is 0.724. The molecular formula is C12H6Br2ClNO. The number of rotatable bonds is 2. The highest BCUT2D eigenvalue weighted by Gasteiger charge is 2.16. The van der Waals surface area contributed by atoms with Crippen LogP contribution in [-0.4, -0.2) is 10.8 Å². The SMILES string of the molecule is O=C(c1ccccc1Cl)c1ncc(Br)cc1Br. The highest BCUT2D eigenvalue weighted by Crippen LogP contribution is 2.24. The second kappa shape index (κ2) is 5.29. The Morgan fingerprint density at radius 3 is 2.59 bits per heavy atom. The Balaban J connectivity index is 2.48. The average molecular weight is 375 g/mol. The number of halogens is 3. The second-order valence-corrected chi connectivity index (χ2v) is 5.47. The highest BCUT2D eigenvalue weighted by atomic mass is 79.9. The third-order valence-corrected chi connectivity index (χ3v) is 3.51. The average Bonchev–Trinajstić information content (AvgIpc) is 2.29. The first-order valence-electron chi connectivity index (χ1n) is 4.70. The minimum atomic E-state index is -0.199. The molecular weight excluding hydrogens is 369 g/mol. The number of hydrogen-bond donors (Lipinski definition) is 0. The maximum atomic E-state index is 12.2. The molecule has 1 aromatic heterocycles. The minimum Gasteiger partial charge on any atom is -0.287 e. The molecule has 0 spiro atoms. The van der Waals surface area contributed by atoms with Crippen LogP contribution in [0.1, 0.15) is 16.1 Å². The van der Waals surface area contributed by atoms with E-state index in [1.807, 2.05) is 0 Å². The summed E-state index contributed by atoms with van der Waals surface area (Å²) >= 11 is 12.6. The van der Waals surface area contributed by atoms with Gasteiger partial charge in [0.15, 0.2) is 0 Å². The predicted octanol–water partition coefficient (Wildman–Crippen LogP) is 4.49. The van der Waals surface area contributed by atoms with Crippen molar-refractivity contribution in [2.45, 2.75) is 0 Å². The molecule has 0 radical (unpaired) electrons. The van der Waals surface area contributed by atoms with Crippen LogP contribution in [0.2, 0.25) is 5.02 Å². The maximum Gasteiger partial charge on any atom is 0.213 e. The van der Waals surface area contributed by atoms with Crippen LogP contribution in [0.25, 0.3) is 0 Å². The topological polar surface area (TPSA) is 30.0 Å². The van der Waals surface area contributed by atoms with E-state index in [4.69, 9.17) is 11.6 Å². The van der Waals surface area contributed by atoms with Gasteiger partial charge in [-0.15, -0.1) is 0 Å². The van der Waals surface area contributed by atoms with Gasteiger partial charge in [-0.2, -0.15) is 0 Å². The Morgan fingerprint density at radius 1 is 1.24 bits per heavy atom. The normalized spacial score (nSPS) is 10.3. The van der Waals surface area contributed by atoms with Crippen LogP contribution < -0.4 is 0 Å². The summed E-state index contributed by atoms with van der Waals surface area (Å²) in [5, 5.41) is 0.425. The zero-order chi connectivity index (χ0) is 12.4. The summed E-state index contributed by atoms with van der Waals surface area (Å²) in [6, 6.07) is 8.69. The number of ketones is 1. The Morgan fingerprint density at radius 2 is 1.94 bits per heavy atom. The van der Waals surface area contributed by atoms with Crippen molar-refractivity contribution in [3.8, 4) is 0 Å². The van der Waals surface area contributed by atoms with Gasteiger partial charge in [-0.05, 0) is 50.1 Å². The number of pyridine rings is 1. The lowest BCUT2D eigenvalue weighted by Gasteiger charge is -2.04. The molecule has 2 rings (SSSR count). The van der Waals surface area contributed by atoms with E-state index in [9.17, 15) is 4.79 Å². The molecule has 1 aromatic carbocycles. The van der Waals surface area contributed by atoms with Crippen LogP contribution in [0.4, 0.5) is 0 Å². The smallest absolute Gasteiger partial charge is 0.213 e. The molecule has 0 aliphatic carbocycles. The minimum absolute atomic E-state index is 0.199. The van der Waals surface area contributed by atoms with E-state index in [2.05, 4.69) is 36.8 Å². The van der Waals surface area contributed by atoms with Crippen LogP contribution >= 0.6 is 43.5 Å². The molecule has 0 N–H and O–H groups in total. The Kier molecular flexibility index (Phi) is 3.97. The van der Waals surface area contributed by atoms with Crippen LogP contribution in [0.5, 0.6) is 0 Å². The Bertz CT molecular complexity index is 586. The first kappa shape index (κ1) is 12.7. The van der Waals surface area contributed by atoms with E-state index in [1.165, 1.54) is 0 Å². The summed E-state index contributed by atoms with van der Waals surface area (Å²) in [6.45, 7) is 0. The predicted molar refractivity (Wildman–Crippen MR) is 74.5 cm³/mol. The van der Waals surface area contributed by atoms with Crippen LogP contribution in [0, 0.1) is 0 Å². The molecule has 17 heavy (non-hydrogen) atoms. The molecule has 5 heteroatoms. The molecule has 86 valence electrons. The molecule has 0 aliphatic heterocycles. The number of benzene rings is 1. The summed E-state index contributed by atoms with van der Waals surface area (Å²) in [7, 11) is 0. The first-order valence-corrected chi connectivity index (χ1v) is 6.66. The van der Waals surface area contributed by atoms with Crippen molar-refractivity contribution in [1.29, 1.82) is 0 Å². The van der Waals surface area contributed by atoms with Gasteiger partial charge < -0.3 is 0 Å². The molecule has 0 aliphatic rings. The van der Waals surface area contributed by atoms with Crippen molar-refractivity contribution < 1.29 is 4.79 Å². The monoisotopic (exact) mass is 373 g/mol. The standard InChI is InChI=1S/C12H6Br2ClNO/c13-7-5-9(14)11(16-6-7)12(17)8-3-1-2-4-10(8)15/h1-6H. The van der Waals surface area contributed by atoms with Gasteiger partial charge in [-0.25, -0.2) is 0 Å². The largest absolute Gasteiger partial charge is 0.287 e. The van der Waals surface area contributed by atoms with Crippen molar-refractivity contribution in [3.63, 3.8) is 0 Å². The van der Waals surface area contributed by atoms with Crippen LogP contribution in [0.3, 0.4) is 0 Å². The lowest BCUT2D eigenvalue weighted by atomic mass is 10.1. The van der Waals surface area contributed by atoms with Gasteiger partial charge in [-0.3, -0.25) is 9.78 Å². The number of aromatic nitrogens is 1. The van der Waals surface area contributed by atoms with Crippen molar-refractivity contribution in [1.82, 2.24) is 4.98 Å². The zero-order valence-corrected chi connectivity index (χ0v) is 12.4. The molecule has 2 nitrogen and oxygen atoms in total. The van der Waals surface area contributed by atoms with Crippen LogP contribution in [0.15, 0.2) is 45.5 Å². The Labute approximate surface area is 120 Å². The number of carbonyl (C=O) groups is 1. The fourth-order valence-electron chi connectivity index (χ4n) is 1.35. The van der Waals surface area contributed by atoms with Gasteiger partial charge in [0.2, 0.25) is 5.78 Å². The van der Waals surface area contributed by atoms with Crippen molar-refractivity contribution in [2.24, 2.45) is 0 Å². The third-order valence-electron chi connectivity index (χ3n) is 2.14. The molecule has 0 amide bonds. The lowest BCUT2D eigenvalue weighted by Crippen LogP contribution is -2.05. The van der Waals surface area contributed by atoms with Crippen molar-refractivity contribution in [2.75, 3.05) is 0 Å². The summed E-state index contributed by atoms with van der Waals surface area (Å²) in [5.74, 6) is -0.199. The van der Waals surface area contributed by atoms with Crippen molar-refractivity contribution >= 4 is 49.2 Å². The zero-order valence-electron chi connectivity index (χ0n) is 8.45. The van der Waals surface area contributed by atoms with E-state index in [0.29, 0.717) is 20.8 Å². The molecule has 0 unspecified atom stereocenters. The molecule has 0 fully saturated rings. The summed E-state index contributed by atoms with van der Waals surface area (Å²) < 4.78 is 1.44. The number of carbonyl (C=O) groups excluding carboxylic acids is 1. The van der Waals surface area contributed by atoms with Crippen LogP contribution in [-0.2, 0) is 0 Å². The number of hydrogen-bond acceptors (Lipinski definition) is 2. The Hall–Kier alpha value is -0.710. The molecule has 0 atom stereocenters. The first-order chi connectivity index (χ1) is 8.09. The van der Waals surface area contributed by atoms with E-state index in [-0.39, 0.29) is 5.78 Å². The molecule has 0 saturated heterocycles. The molecule has 0 saturated carbocycles. The fraction of sp³-hybridized carbons (Fsp3) is 0. The van der Waals surface area contributed by atoms with Gasteiger partial charge in [0.1, 0.15) is 5.69 Å². The second-order valence-electron chi connectivity index (χ2n) is 3.29. The van der Waals surface area contributed by atoms with Gasteiger partial charge in [0, 0.05) is 20.7 Å². The molecule has 2 aromatic rings. The van der Waals surface area contributed by atoms with E-state index < -0.39 is 0 Å². The van der Waals surface area contributed by atoms with Crippen molar-refractivity contribution in [3.05, 3.63) is 61.8 Å².